The second-order valence-corrected chi connectivity index (χ2v) is 5.39. The molecular formula is C16H24FNO4. The molecule has 0 aliphatic heterocycles. The van der Waals surface area contributed by atoms with Gasteiger partial charge in [-0.1, -0.05) is 25.1 Å². The molecule has 1 rings (SSSR count). The van der Waals surface area contributed by atoms with Crippen LogP contribution in [0.25, 0.3) is 0 Å². The molecule has 0 spiro atoms. The van der Waals surface area contributed by atoms with Crippen LogP contribution >= 0.6 is 0 Å². The van der Waals surface area contributed by atoms with E-state index in [1.54, 1.807) is 18.2 Å². The van der Waals surface area contributed by atoms with Crippen LogP contribution in [-0.2, 0) is 14.2 Å². The molecule has 1 N–H and O–H groups in total. The van der Waals surface area contributed by atoms with Crippen molar-refractivity contribution in [3.8, 4) is 0 Å². The third-order valence-corrected chi connectivity index (χ3v) is 2.98. The normalized spacial score (nSPS) is 13.7. The summed E-state index contributed by atoms with van der Waals surface area (Å²) < 4.78 is 29.6. The Balaban J connectivity index is 2.71. The van der Waals surface area contributed by atoms with E-state index in [4.69, 9.17) is 14.2 Å². The molecule has 0 aliphatic rings. The fourth-order valence-electron chi connectivity index (χ4n) is 1.98. The van der Waals surface area contributed by atoms with Crippen molar-refractivity contribution >= 4 is 6.09 Å². The van der Waals surface area contributed by atoms with Crippen molar-refractivity contribution < 1.29 is 23.4 Å². The minimum absolute atomic E-state index is 0.00471. The molecule has 5 nitrogen and oxygen atoms in total. The van der Waals surface area contributed by atoms with Crippen LogP contribution in [-0.4, -0.2) is 32.6 Å². The zero-order valence-electron chi connectivity index (χ0n) is 13.5. The van der Waals surface area contributed by atoms with E-state index >= 15 is 0 Å². The standard InChI is InChI=1S/C16H24FNO4/c1-11(2)18-16(19)21-9-12(3)15(22-10-20-4)13-7-5-6-8-14(13)17/h5-8,11-12,15H,9-10H2,1-4H3,(H,18,19). The van der Waals surface area contributed by atoms with E-state index in [9.17, 15) is 9.18 Å². The summed E-state index contributed by atoms with van der Waals surface area (Å²) in [6, 6.07) is 6.37. The summed E-state index contributed by atoms with van der Waals surface area (Å²) in [6.07, 6.45) is -1.06. The number of amides is 1. The summed E-state index contributed by atoms with van der Waals surface area (Å²) in [4.78, 5) is 11.5. The highest BCUT2D eigenvalue weighted by Crippen LogP contribution is 2.28. The van der Waals surface area contributed by atoms with Gasteiger partial charge in [0.05, 0.1) is 12.7 Å². The first kappa shape index (κ1) is 18.4. The van der Waals surface area contributed by atoms with Gasteiger partial charge in [0.25, 0.3) is 0 Å². The van der Waals surface area contributed by atoms with Crippen LogP contribution in [0.4, 0.5) is 9.18 Å². The molecule has 0 saturated carbocycles. The maximum atomic E-state index is 14.0. The third-order valence-electron chi connectivity index (χ3n) is 2.98. The molecule has 2 unspecified atom stereocenters. The van der Waals surface area contributed by atoms with E-state index in [0.717, 1.165) is 0 Å². The van der Waals surface area contributed by atoms with Crippen molar-refractivity contribution in [1.82, 2.24) is 5.32 Å². The number of ether oxygens (including phenoxy) is 3. The van der Waals surface area contributed by atoms with Gasteiger partial charge in [0.1, 0.15) is 12.6 Å². The highest BCUT2D eigenvalue weighted by molar-refractivity contribution is 5.67. The second kappa shape index (κ2) is 9.38. The molecule has 22 heavy (non-hydrogen) atoms. The number of alkyl carbamates (subject to hydrolysis) is 1. The number of rotatable bonds is 8. The van der Waals surface area contributed by atoms with E-state index in [1.165, 1.54) is 13.2 Å². The lowest BCUT2D eigenvalue weighted by atomic mass is 9.97. The Bertz CT molecular complexity index is 467. The molecule has 6 heteroatoms. The molecule has 1 aromatic carbocycles. The van der Waals surface area contributed by atoms with Gasteiger partial charge in [-0.05, 0) is 19.9 Å². The summed E-state index contributed by atoms with van der Waals surface area (Å²) in [5.74, 6) is -0.591. The van der Waals surface area contributed by atoms with Gasteiger partial charge in [0.15, 0.2) is 0 Å². The summed E-state index contributed by atoms with van der Waals surface area (Å²) in [5.41, 5.74) is 0.417. The fourth-order valence-corrected chi connectivity index (χ4v) is 1.98. The first-order valence-corrected chi connectivity index (χ1v) is 7.24. The molecule has 0 aliphatic carbocycles. The van der Waals surface area contributed by atoms with Crippen LogP contribution in [0.5, 0.6) is 0 Å². The van der Waals surface area contributed by atoms with Gasteiger partial charge in [-0.3, -0.25) is 0 Å². The van der Waals surface area contributed by atoms with Gasteiger partial charge in [0.2, 0.25) is 0 Å². The zero-order chi connectivity index (χ0) is 16.5. The second-order valence-electron chi connectivity index (χ2n) is 5.39. The smallest absolute Gasteiger partial charge is 0.407 e. The largest absolute Gasteiger partial charge is 0.449 e. The van der Waals surface area contributed by atoms with Crippen LogP contribution in [0, 0.1) is 11.7 Å². The minimum atomic E-state index is -0.562. The maximum absolute atomic E-state index is 14.0. The van der Waals surface area contributed by atoms with E-state index in [2.05, 4.69) is 5.32 Å². The molecule has 0 bridgehead atoms. The van der Waals surface area contributed by atoms with Gasteiger partial charge in [-0.25, -0.2) is 9.18 Å². The Kier molecular flexibility index (Phi) is 7.84. The van der Waals surface area contributed by atoms with E-state index in [-0.39, 0.29) is 31.2 Å². The van der Waals surface area contributed by atoms with Gasteiger partial charge < -0.3 is 19.5 Å². The molecule has 0 fully saturated rings. The predicted molar refractivity (Wildman–Crippen MR) is 80.9 cm³/mol. The Hall–Kier alpha value is -1.66. The predicted octanol–water partition coefficient (Wildman–Crippen LogP) is 3.26. The molecule has 1 aromatic rings. The average Bonchev–Trinajstić information content (AvgIpc) is 2.46. The molecule has 1 amide bonds. The van der Waals surface area contributed by atoms with Crippen molar-refractivity contribution in [2.24, 2.45) is 5.92 Å². The Morgan fingerprint density at radius 2 is 1.95 bits per heavy atom. The van der Waals surface area contributed by atoms with Crippen LogP contribution in [0.2, 0.25) is 0 Å². The topological polar surface area (TPSA) is 56.8 Å². The van der Waals surface area contributed by atoms with Crippen molar-refractivity contribution in [3.63, 3.8) is 0 Å². The first-order chi connectivity index (χ1) is 10.5. The first-order valence-electron chi connectivity index (χ1n) is 7.24. The van der Waals surface area contributed by atoms with Crippen molar-refractivity contribution in [2.75, 3.05) is 20.5 Å². The van der Waals surface area contributed by atoms with Crippen molar-refractivity contribution in [3.05, 3.63) is 35.6 Å². The van der Waals surface area contributed by atoms with Crippen LogP contribution < -0.4 is 5.32 Å². The number of benzene rings is 1. The van der Waals surface area contributed by atoms with Gasteiger partial charge in [-0.2, -0.15) is 0 Å². The quantitative estimate of drug-likeness (QED) is 0.749. The molecule has 2 atom stereocenters. The molecule has 0 radical (unpaired) electrons. The fraction of sp³-hybridized carbons (Fsp3) is 0.562. The van der Waals surface area contributed by atoms with Crippen LogP contribution in [0.15, 0.2) is 24.3 Å². The van der Waals surface area contributed by atoms with E-state index in [1.807, 2.05) is 20.8 Å². The van der Waals surface area contributed by atoms with Crippen molar-refractivity contribution in [1.29, 1.82) is 0 Å². The number of methoxy groups -OCH3 is 1. The third kappa shape index (κ3) is 5.99. The van der Waals surface area contributed by atoms with Crippen LogP contribution in [0.3, 0.4) is 0 Å². The number of carbonyl (C=O) groups is 1. The maximum Gasteiger partial charge on any atom is 0.407 e. The van der Waals surface area contributed by atoms with Crippen LogP contribution in [0.1, 0.15) is 32.4 Å². The molecule has 0 saturated heterocycles. The lowest BCUT2D eigenvalue weighted by Crippen LogP contribution is -2.32. The number of halogens is 1. The summed E-state index contributed by atoms with van der Waals surface area (Å²) in [7, 11) is 1.50. The molecule has 0 heterocycles. The number of nitrogens with one attached hydrogen (secondary N) is 1. The van der Waals surface area contributed by atoms with Gasteiger partial charge in [-0.15, -0.1) is 0 Å². The Morgan fingerprint density at radius 3 is 2.55 bits per heavy atom. The summed E-state index contributed by atoms with van der Waals surface area (Å²) in [6.45, 7) is 5.65. The lowest BCUT2D eigenvalue weighted by Gasteiger charge is -2.24. The number of carbonyl (C=O) groups excluding carboxylic acids is 1. The highest BCUT2D eigenvalue weighted by Gasteiger charge is 2.24. The summed E-state index contributed by atoms with van der Waals surface area (Å²) in [5, 5.41) is 2.63. The highest BCUT2D eigenvalue weighted by atomic mass is 19.1. The zero-order valence-corrected chi connectivity index (χ0v) is 13.5. The SMILES string of the molecule is COCOC(c1ccccc1F)C(C)COC(=O)NC(C)C. The minimum Gasteiger partial charge on any atom is -0.449 e. The number of hydrogen-bond acceptors (Lipinski definition) is 4. The van der Waals surface area contributed by atoms with E-state index in [0.29, 0.717) is 5.56 Å². The molecule has 0 aromatic heterocycles. The van der Waals surface area contributed by atoms with Gasteiger partial charge in [0, 0.05) is 24.6 Å². The Labute approximate surface area is 130 Å². The average molecular weight is 313 g/mol. The van der Waals surface area contributed by atoms with Crippen molar-refractivity contribution in [2.45, 2.75) is 32.9 Å². The van der Waals surface area contributed by atoms with E-state index < -0.39 is 12.2 Å². The Morgan fingerprint density at radius 1 is 1.27 bits per heavy atom. The molecular weight excluding hydrogens is 289 g/mol. The van der Waals surface area contributed by atoms with Gasteiger partial charge >= 0.3 is 6.09 Å². The number of hydrogen-bond donors (Lipinski definition) is 1. The lowest BCUT2D eigenvalue weighted by molar-refractivity contribution is -0.0985. The summed E-state index contributed by atoms with van der Waals surface area (Å²) >= 11 is 0. The molecule has 124 valence electrons. The monoisotopic (exact) mass is 313 g/mol.